The smallest absolute Gasteiger partial charge is 0.0666 e. The van der Waals surface area contributed by atoms with E-state index in [0.717, 1.165) is 22.5 Å². The minimum Gasteiger partial charge on any atom is -0.249 e. The molecule has 0 heterocycles. The summed E-state index contributed by atoms with van der Waals surface area (Å²) in [5, 5.41) is 0. The third kappa shape index (κ3) is 2.62. The van der Waals surface area contributed by atoms with E-state index < -0.39 is 0 Å². The first-order chi connectivity index (χ1) is 8.06. The van der Waals surface area contributed by atoms with Gasteiger partial charge in [0.25, 0.3) is 0 Å². The zero-order valence-corrected chi connectivity index (χ0v) is 10.6. The predicted molar refractivity (Wildman–Crippen MR) is 75.0 cm³/mol. The van der Waals surface area contributed by atoms with Crippen LogP contribution < -0.4 is 0 Å². The van der Waals surface area contributed by atoms with Crippen LogP contribution in [-0.4, -0.2) is 5.71 Å². The van der Waals surface area contributed by atoms with Gasteiger partial charge in [0, 0.05) is 0 Å². The quantitative estimate of drug-likeness (QED) is 0.667. The Bertz CT molecular complexity index is 557. The van der Waals surface area contributed by atoms with Gasteiger partial charge in [-0.3, -0.25) is 0 Å². The zero-order valence-electron chi connectivity index (χ0n) is 10.6. The average Bonchev–Trinajstić information content (AvgIpc) is 2.25. The molecular weight excluding hydrogens is 206 g/mol. The van der Waals surface area contributed by atoms with E-state index in [1.165, 1.54) is 11.1 Å². The number of rotatable bonds is 1. The van der Waals surface area contributed by atoms with Crippen LogP contribution in [0.15, 0.2) is 59.1 Å². The first-order valence-electron chi connectivity index (χ1n) is 5.78. The van der Waals surface area contributed by atoms with E-state index in [1.54, 1.807) is 0 Å². The van der Waals surface area contributed by atoms with E-state index in [2.05, 4.69) is 51.6 Å². The highest BCUT2D eigenvalue weighted by Crippen LogP contribution is 2.22. The topological polar surface area (TPSA) is 12.4 Å². The Kier molecular flexibility index (Phi) is 3.10. The largest absolute Gasteiger partial charge is 0.249 e. The van der Waals surface area contributed by atoms with Crippen molar-refractivity contribution in [2.75, 3.05) is 0 Å². The maximum Gasteiger partial charge on any atom is 0.0666 e. The van der Waals surface area contributed by atoms with Crippen molar-refractivity contribution in [1.29, 1.82) is 0 Å². The molecule has 0 saturated heterocycles. The van der Waals surface area contributed by atoms with Gasteiger partial charge in [0.15, 0.2) is 0 Å². The van der Waals surface area contributed by atoms with E-state index in [4.69, 9.17) is 4.99 Å². The molecule has 0 saturated carbocycles. The molecule has 0 unspecified atom stereocenters. The molecule has 1 nitrogen and oxygen atoms in total. The second-order valence-electron chi connectivity index (χ2n) is 4.52. The normalized spacial score (nSPS) is 17.5. The fourth-order valence-corrected chi connectivity index (χ4v) is 1.90. The number of allylic oxidation sites excluding steroid dienone is 5. The van der Waals surface area contributed by atoms with Crippen LogP contribution in [0.3, 0.4) is 0 Å². The second kappa shape index (κ2) is 4.54. The number of nitrogens with zero attached hydrogens (tertiary/aromatic N) is 1. The monoisotopic (exact) mass is 223 g/mol. The van der Waals surface area contributed by atoms with Crippen molar-refractivity contribution in [1.82, 2.24) is 0 Å². The molecule has 2 rings (SSSR count). The lowest BCUT2D eigenvalue weighted by Crippen LogP contribution is -2.00. The van der Waals surface area contributed by atoms with Crippen LogP contribution in [0.25, 0.3) is 0 Å². The van der Waals surface area contributed by atoms with Gasteiger partial charge in [-0.15, -0.1) is 0 Å². The molecule has 86 valence electrons. The molecule has 0 atom stereocenters. The Balaban J connectivity index is 2.40. The molecule has 0 aromatic heterocycles. The van der Waals surface area contributed by atoms with E-state index in [9.17, 15) is 0 Å². The summed E-state index contributed by atoms with van der Waals surface area (Å²) >= 11 is 0. The molecule has 0 radical (unpaired) electrons. The number of hydrogen-bond donors (Lipinski definition) is 0. The van der Waals surface area contributed by atoms with Gasteiger partial charge in [0.2, 0.25) is 0 Å². The van der Waals surface area contributed by atoms with E-state index in [1.807, 2.05) is 12.2 Å². The molecule has 17 heavy (non-hydrogen) atoms. The number of benzene rings is 1. The molecular formula is C16H17N. The van der Waals surface area contributed by atoms with Crippen LogP contribution in [0.4, 0.5) is 5.69 Å². The summed E-state index contributed by atoms with van der Waals surface area (Å²) in [6.45, 7) is 10.2. The lowest BCUT2D eigenvalue weighted by molar-refractivity contribution is 1.34. The maximum atomic E-state index is 4.69. The van der Waals surface area contributed by atoms with Gasteiger partial charge in [-0.1, -0.05) is 36.4 Å². The van der Waals surface area contributed by atoms with E-state index >= 15 is 0 Å². The van der Waals surface area contributed by atoms with Crippen LogP contribution in [0.2, 0.25) is 0 Å². The zero-order chi connectivity index (χ0) is 12.4. The fraction of sp³-hybridized carbons (Fsp3) is 0.188. The van der Waals surface area contributed by atoms with Crippen LogP contribution in [-0.2, 0) is 0 Å². The van der Waals surface area contributed by atoms with Crippen LogP contribution in [0, 0.1) is 13.8 Å². The summed E-state index contributed by atoms with van der Waals surface area (Å²) in [5.41, 5.74) is 6.73. The Morgan fingerprint density at radius 3 is 2.47 bits per heavy atom. The van der Waals surface area contributed by atoms with Crippen LogP contribution in [0.1, 0.15) is 18.1 Å². The standard InChI is InChI=1S/C16H17N/c1-11-5-7-15(13(3)9-11)17-16-8-6-12(2)10-14(16)4/h5-10H,1H2,2-4H3. The lowest BCUT2D eigenvalue weighted by Gasteiger charge is -2.09. The molecule has 0 N–H and O–H groups in total. The summed E-state index contributed by atoms with van der Waals surface area (Å²) in [5.74, 6) is 0. The molecule has 0 spiro atoms. The first kappa shape index (κ1) is 11.6. The Labute approximate surface area is 103 Å². The number of aryl methyl sites for hydroxylation is 2. The van der Waals surface area contributed by atoms with Crippen molar-refractivity contribution in [3.63, 3.8) is 0 Å². The molecule has 1 aliphatic rings. The highest BCUT2D eigenvalue weighted by Gasteiger charge is 2.05. The highest BCUT2D eigenvalue weighted by atomic mass is 14.7. The van der Waals surface area contributed by atoms with Gasteiger partial charge in [-0.05, 0) is 49.6 Å². The van der Waals surface area contributed by atoms with Gasteiger partial charge in [0.05, 0.1) is 11.4 Å². The Morgan fingerprint density at radius 1 is 1.06 bits per heavy atom. The minimum atomic E-state index is 1.02. The lowest BCUT2D eigenvalue weighted by atomic mass is 10.0. The summed E-state index contributed by atoms with van der Waals surface area (Å²) in [6.07, 6.45) is 6.08. The SMILES string of the molecule is C=C1C=CC(=Nc2ccc(C)cc2C)C(C)=C1. The number of aliphatic imine (C=N–C) groups is 1. The maximum absolute atomic E-state index is 4.69. The van der Waals surface area contributed by atoms with Crippen molar-refractivity contribution in [2.45, 2.75) is 20.8 Å². The summed E-state index contributed by atoms with van der Waals surface area (Å²) < 4.78 is 0. The molecule has 1 heteroatoms. The molecule has 0 aliphatic heterocycles. The van der Waals surface area contributed by atoms with Crippen LogP contribution >= 0.6 is 0 Å². The average molecular weight is 223 g/mol. The minimum absolute atomic E-state index is 1.02. The molecule has 0 amide bonds. The van der Waals surface area contributed by atoms with Gasteiger partial charge in [0.1, 0.15) is 0 Å². The van der Waals surface area contributed by atoms with Gasteiger partial charge < -0.3 is 0 Å². The van der Waals surface area contributed by atoms with Crippen molar-refractivity contribution in [2.24, 2.45) is 4.99 Å². The first-order valence-corrected chi connectivity index (χ1v) is 5.78. The van der Waals surface area contributed by atoms with Gasteiger partial charge >= 0.3 is 0 Å². The Hall–Kier alpha value is -1.89. The summed E-state index contributed by atoms with van der Waals surface area (Å²) in [4.78, 5) is 4.69. The third-order valence-electron chi connectivity index (χ3n) is 2.85. The van der Waals surface area contributed by atoms with Crippen molar-refractivity contribution in [3.8, 4) is 0 Å². The third-order valence-corrected chi connectivity index (χ3v) is 2.85. The molecule has 1 aromatic carbocycles. The Morgan fingerprint density at radius 2 is 1.82 bits per heavy atom. The highest BCUT2D eigenvalue weighted by molar-refractivity contribution is 6.11. The van der Waals surface area contributed by atoms with Gasteiger partial charge in [-0.2, -0.15) is 0 Å². The predicted octanol–water partition coefficient (Wildman–Crippen LogP) is 4.45. The van der Waals surface area contributed by atoms with Crippen molar-refractivity contribution < 1.29 is 0 Å². The van der Waals surface area contributed by atoms with E-state index in [-0.39, 0.29) is 0 Å². The van der Waals surface area contributed by atoms with E-state index in [0.29, 0.717) is 0 Å². The van der Waals surface area contributed by atoms with Crippen molar-refractivity contribution in [3.05, 3.63) is 65.3 Å². The second-order valence-corrected chi connectivity index (χ2v) is 4.52. The molecule has 1 aromatic rings. The summed E-state index contributed by atoms with van der Waals surface area (Å²) in [7, 11) is 0. The van der Waals surface area contributed by atoms with Crippen LogP contribution in [0.5, 0.6) is 0 Å². The molecule has 0 bridgehead atoms. The molecule has 1 aliphatic carbocycles. The molecule has 0 fully saturated rings. The number of hydrogen-bond acceptors (Lipinski definition) is 1. The van der Waals surface area contributed by atoms with Gasteiger partial charge in [-0.25, -0.2) is 4.99 Å². The summed E-state index contributed by atoms with van der Waals surface area (Å²) in [6, 6.07) is 6.32. The fourth-order valence-electron chi connectivity index (χ4n) is 1.90. The van der Waals surface area contributed by atoms with Crippen molar-refractivity contribution >= 4 is 11.4 Å².